The van der Waals surface area contributed by atoms with Crippen LogP contribution >= 0.6 is 50.6 Å². The average Bonchev–Trinajstić information content (AvgIpc) is 2.86. The maximum atomic E-state index is 13.9. The van der Waals surface area contributed by atoms with Gasteiger partial charge < -0.3 is 0 Å². The summed E-state index contributed by atoms with van der Waals surface area (Å²) < 4.78 is 14.4. The minimum absolute atomic E-state index is 0.0319. The second kappa shape index (κ2) is 5.79. The third kappa shape index (κ3) is 2.69. The molecule has 0 atom stereocenters. The second-order valence-corrected chi connectivity index (χ2v) is 7.94. The van der Waals surface area contributed by atoms with Crippen molar-refractivity contribution in [2.75, 3.05) is 5.75 Å². The molecule has 104 valence electrons. The quantitative estimate of drug-likeness (QED) is 0.509. The van der Waals surface area contributed by atoms with E-state index in [1.807, 2.05) is 17.8 Å². The molecule has 0 saturated carbocycles. The Morgan fingerprint density at radius 2 is 2.15 bits per heavy atom. The molecule has 2 heterocycles. The lowest BCUT2D eigenvalue weighted by Gasteiger charge is -2.08. The number of carbonyl (C=O) groups excluding carboxylic acids is 1. The summed E-state index contributed by atoms with van der Waals surface area (Å²) in [5.41, 5.74) is 1.24. The topological polar surface area (TPSA) is 17.1 Å². The van der Waals surface area contributed by atoms with Crippen molar-refractivity contribution in [1.82, 2.24) is 0 Å². The molecule has 1 aliphatic rings. The molecule has 0 fully saturated rings. The van der Waals surface area contributed by atoms with Crippen molar-refractivity contribution in [1.29, 1.82) is 0 Å². The van der Waals surface area contributed by atoms with Crippen molar-refractivity contribution in [3.63, 3.8) is 0 Å². The van der Waals surface area contributed by atoms with E-state index >= 15 is 0 Å². The molecule has 6 heteroatoms. The van der Waals surface area contributed by atoms with E-state index in [0.717, 1.165) is 17.9 Å². The Hall–Kier alpha value is -0.360. The molecule has 0 aliphatic carbocycles. The van der Waals surface area contributed by atoms with E-state index in [2.05, 4.69) is 15.9 Å². The van der Waals surface area contributed by atoms with Crippen molar-refractivity contribution in [2.24, 2.45) is 0 Å². The number of halogens is 3. The number of ketones is 1. The van der Waals surface area contributed by atoms with Gasteiger partial charge in [-0.25, -0.2) is 4.39 Å². The molecule has 0 radical (unpaired) electrons. The minimum Gasteiger partial charge on any atom is -0.288 e. The Labute approximate surface area is 137 Å². The standard InChI is InChI=1S/C14H9BrClFOS2/c15-9-5-11(17)8(4-10(9)16)14(18)13-3-7-6-19-2-1-12(7)20-13/h3-5H,1-2,6H2. The van der Waals surface area contributed by atoms with Gasteiger partial charge in [0, 0.05) is 15.1 Å². The van der Waals surface area contributed by atoms with Gasteiger partial charge in [0.1, 0.15) is 5.82 Å². The van der Waals surface area contributed by atoms with E-state index in [1.54, 1.807) is 0 Å². The summed E-state index contributed by atoms with van der Waals surface area (Å²) in [6.07, 6.45) is 0.988. The van der Waals surface area contributed by atoms with Crippen LogP contribution in [0.4, 0.5) is 4.39 Å². The van der Waals surface area contributed by atoms with E-state index in [1.165, 1.54) is 33.9 Å². The summed E-state index contributed by atoms with van der Waals surface area (Å²) in [5, 5.41) is 0.339. The van der Waals surface area contributed by atoms with Crippen LogP contribution in [-0.4, -0.2) is 11.5 Å². The van der Waals surface area contributed by atoms with Gasteiger partial charge in [-0.05, 0) is 51.9 Å². The van der Waals surface area contributed by atoms with Crippen LogP contribution in [0.25, 0.3) is 0 Å². The van der Waals surface area contributed by atoms with Gasteiger partial charge in [0.25, 0.3) is 0 Å². The van der Waals surface area contributed by atoms with Crippen LogP contribution < -0.4 is 0 Å². The molecule has 1 aromatic carbocycles. The van der Waals surface area contributed by atoms with Crippen LogP contribution in [0.1, 0.15) is 25.7 Å². The second-order valence-electron chi connectivity index (χ2n) is 4.44. The number of fused-ring (bicyclic) bond motifs is 1. The number of rotatable bonds is 2. The fourth-order valence-electron chi connectivity index (χ4n) is 2.09. The molecule has 2 aromatic rings. The summed E-state index contributed by atoms with van der Waals surface area (Å²) in [5.74, 6) is 1.18. The van der Waals surface area contributed by atoms with E-state index in [-0.39, 0.29) is 11.3 Å². The van der Waals surface area contributed by atoms with Gasteiger partial charge in [0.15, 0.2) is 0 Å². The number of thioether (sulfide) groups is 1. The van der Waals surface area contributed by atoms with E-state index in [0.29, 0.717) is 14.4 Å². The summed E-state index contributed by atoms with van der Waals surface area (Å²) in [6, 6.07) is 4.51. The fourth-order valence-corrected chi connectivity index (χ4v) is 4.89. The molecule has 0 saturated heterocycles. The van der Waals surface area contributed by atoms with Gasteiger partial charge in [-0.2, -0.15) is 11.8 Å². The number of hydrogen-bond acceptors (Lipinski definition) is 3. The first-order chi connectivity index (χ1) is 9.56. The zero-order chi connectivity index (χ0) is 14.3. The first-order valence-electron chi connectivity index (χ1n) is 5.95. The predicted octanol–water partition coefficient (Wildman–Crippen LogP) is 5.32. The lowest BCUT2D eigenvalue weighted by Crippen LogP contribution is -2.02. The molecular weight excluding hydrogens is 383 g/mol. The molecule has 0 N–H and O–H groups in total. The SMILES string of the molecule is O=C(c1cc2c(s1)CCSC2)c1cc(Cl)c(Br)cc1F. The first-order valence-corrected chi connectivity index (χ1v) is 9.09. The molecule has 1 nitrogen and oxygen atoms in total. The van der Waals surface area contributed by atoms with Gasteiger partial charge in [0.05, 0.1) is 15.5 Å². The van der Waals surface area contributed by atoms with Crippen LogP contribution in [0.2, 0.25) is 5.02 Å². The first kappa shape index (κ1) is 14.6. The lowest BCUT2D eigenvalue weighted by molar-refractivity contribution is 0.103. The van der Waals surface area contributed by atoms with Crippen molar-refractivity contribution < 1.29 is 9.18 Å². The van der Waals surface area contributed by atoms with Crippen molar-refractivity contribution in [3.8, 4) is 0 Å². The lowest BCUT2D eigenvalue weighted by atomic mass is 10.1. The third-order valence-corrected chi connectivity index (χ3v) is 6.55. The van der Waals surface area contributed by atoms with Gasteiger partial charge in [0.2, 0.25) is 5.78 Å². The van der Waals surface area contributed by atoms with Crippen molar-refractivity contribution in [3.05, 3.63) is 54.4 Å². The average molecular weight is 392 g/mol. The Bertz CT molecular complexity index is 675. The predicted molar refractivity (Wildman–Crippen MR) is 86.7 cm³/mol. The van der Waals surface area contributed by atoms with Crippen LogP contribution in [0, 0.1) is 5.82 Å². The van der Waals surface area contributed by atoms with Gasteiger partial charge in [-0.1, -0.05) is 11.6 Å². The van der Waals surface area contributed by atoms with Crippen molar-refractivity contribution in [2.45, 2.75) is 12.2 Å². The van der Waals surface area contributed by atoms with E-state index in [4.69, 9.17) is 11.6 Å². The highest BCUT2D eigenvalue weighted by atomic mass is 79.9. The molecule has 1 aliphatic heterocycles. The largest absolute Gasteiger partial charge is 0.288 e. The van der Waals surface area contributed by atoms with Crippen LogP contribution in [0.3, 0.4) is 0 Å². The monoisotopic (exact) mass is 390 g/mol. The third-order valence-electron chi connectivity index (χ3n) is 3.11. The van der Waals surface area contributed by atoms with Gasteiger partial charge in [-0.15, -0.1) is 11.3 Å². The Morgan fingerprint density at radius 1 is 1.35 bits per heavy atom. The summed E-state index contributed by atoms with van der Waals surface area (Å²) in [7, 11) is 0. The molecule has 3 rings (SSSR count). The molecule has 1 aromatic heterocycles. The van der Waals surface area contributed by atoms with Crippen LogP contribution in [-0.2, 0) is 12.2 Å². The Balaban J connectivity index is 2.00. The highest BCUT2D eigenvalue weighted by Gasteiger charge is 2.21. The molecule has 0 unspecified atom stereocenters. The van der Waals surface area contributed by atoms with Crippen molar-refractivity contribution >= 4 is 56.4 Å². The summed E-state index contributed by atoms with van der Waals surface area (Å²) in [4.78, 5) is 14.3. The summed E-state index contributed by atoms with van der Waals surface area (Å²) >= 11 is 12.4. The van der Waals surface area contributed by atoms with Gasteiger partial charge in [-0.3, -0.25) is 4.79 Å². The number of aryl methyl sites for hydroxylation is 1. The number of hydrogen-bond donors (Lipinski definition) is 0. The molecule has 20 heavy (non-hydrogen) atoms. The van der Waals surface area contributed by atoms with Crippen LogP contribution in [0.15, 0.2) is 22.7 Å². The molecular formula is C14H9BrClFOS2. The smallest absolute Gasteiger partial charge is 0.205 e. The number of benzene rings is 1. The highest BCUT2D eigenvalue weighted by Crippen LogP contribution is 2.34. The highest BCUT2D eigenvalue weighted by molar-refractivity contribution is 9.10. The maximum Gasteiger partial charge on any atom is 0.205 e. The normalized spacial score (nSPS) is 14.2. The summed E-state index contributed by atoms with van der Waals surface area (Å²) in [6.45, 7) is 0. The van der Waals surface area contributed by atoms with Crippen LogP contribution in [0.5, 0.6) is 0 Å². The molecule has 0 spiro atoms. The Kier molecular flexibility index (Phi) is 4.22. The van der Waals surface area contributed by atoms with E-state index in [9.17, 15) is 9.18 Å². The minimum atomic E-state index is -0.549. The molecule has 0 amide bonds. The van der Waals surface area contributed by atoms with E-state index < -0.39 is 5.82 Å². The zero-order valence-corrected chi connectivity index (χ0v) is 14.2. The number of carbonyl (C=O) groups is 1. The zero-order valence-electron chi connectivity index (χ0n) is 10.2. The molecule has 0 bridgehead atoms. The maximum absolute atomic E-state index is 13.9. The number of thiophene rings is 1. The fraction of sp³-hybridized carbons (Fsp3) is 0.214. The van der Waals surface area contributed by atoms with Gasteiger partial charge >= 0.3 is 0 Å². The Morgan fingerprint density at radius 3 is 2.90 bits per heavy atom.